The molecule has 0 saturated carbocycles. The van der Waals surface area contributed by atoms with Crippen LogP contribution in [0.25, 0.3) is 0 Å². The fraction of sp³-hybridized carbons (Fsp3) is 0.500. The zero-order valence-corrected chi connectivity index (χ0v) is 14.6. The Morgan fingerprint density at radius 2 is 1.95 bits per heavy atom. The largest absolute Gasteiger partial charge is 0.351 e. The molecule has 8 heteroatoms. The van der Waals surface area contributed by atoms with Crippen LogP contribution in [0.15, 0.2) is 18.2 Å². The topological polar surface area (TPSA) is 66.5 Å². The number of benzene rings is 1. The molecule has 0 fully saturated rings. The first-order valence-corrected chi connectivity index (χ1v) is 8.86. The van der Waals surface area contributed by atoms with Gasteiger partial charge in [-0.25, -0.2) is 12.8 Å². The van der Waals surface area contributed by atoms with Gasteiger partial charge in [0.2, 0.25) is 15.9 Å². The number of nitrogens with one attached hydrogen (secondary N) is 1. The third-order valence-corrected chi connectivity index (χ3v) is 4.13. The summed E-state index contributed by atoms with van der Waals surface area (Å²) in [5.74, 6) is -0.904. The third-order valence-electron chi connectivity index (χ3n) is 2.65. The number of hydrogen-bond acceptors (Lipinski definition) is 3. The molecule has 0 radical (unpaired) electrons. The molecule has 0 aliphatic rings. The van der Waals surface area contributed by atoms with Gasteiger partial charge in [0.25, 0.3) is 0 Å². The minimum absolute atomic E-state index is 0.0145. The van der Waals surface area contributed by atoms with Gasteiger partial charge >= 0.3 is 0 Å². The maximum Gasteiger partial charge on any atom is 0.232 e. The summed E-state index contributed by atoms with van der Waals surface area (Å²) in [5.41, 5.74) is -0.177. The molecule has 0 spiro atoms. The minimum atomic E-state index is -3.61. The van der Waals surface area contributed by atoms with Gasteiger partial charge in [-0.3, -0.25) is 9.10 Å². The zero-order valence-electron chi connectivity index (χ0n) is 13.0. The second kappa shape index (κ2) is 6.83. The van der Waals surface area contributed by atoms with Crippen LogP contribution < -0.4 is 9.62 Å². The van der Waals surface area contributed by atoms with Crippen molar-refractivity contribution < 1.29 is 17.6 Å². The van der Waals surface area contributed by atoms with Crippen molar-refractivity contribution in [2.24, 2.45) is 0 Å². The standard InChI is InChI=1S/C14H20ClFN2O3S/c1-14(2,3)17-13(19)7-8-18(22(4,20)21)10-5-6-12(16)11(15)9-10/h5-6,9H,7-8H2,1-4H3,(H,17,19). The van der Waals surface area contributed by atoms with Crippen molar-refractivity contribution in [3.8, 4) is 0 Å². The van der Waals surface area contributed by atoms with Crippen LogP contribution in [-0.4, -0.2) is 32.7 Å². The van der Waals surface area contributed by atoms with E-state index in [0.717, 1.165) is 16.6 Å². The van der Waals surface area contributed by atoms with E-state index in [-0.39, 0.29) is 29.6 Å². The monoisotopic (exact) mass is 350 g/mol. The number of carbonyl (C=O) groups is 1. The van der Waals surface area contributed by atoms with Crippen molar-refractivity contribution >= 4 is 33.2 Å². The molecular formula is C14H20ClFN2O3S. The molecule has 5 nitrogen and oxygen atoms in total. The van der Waals surface area contributed by atoms with Crippen LogP contribution in [0.3, 0.4) is 0 Å². The van der Waals surface area contributed by atoms with Crippen LogP contribution in [0, 0.1) is 5.82 Å². The van der Waals surface area contributed by atoms with Gasteiger partial charge in [-0.05, 0) is 39.0 Å². The van der Waals surface area contributed by atoms with Crippen LogP contribution in [0.5, 0.6) is 0 Å². The second-order valence-corrected chi connectivity index (χ2v) is 8.30. The average molecular weight is 351 g/mol. The van der Waals surface area contributed by atoms with Crippen LogP contribution in [0.1, 0.15) is 27.2 Å². The summed E-state index contributed by atoms with van der Waals surface area (Å²) < 4.78 is 38.0. The third kappa shape index (κ3) is 5.81. The molecule has 0 atom stereocenters. The normalized spacial score (nSPS) is 12.1. The SMILES string of the molecule is CC(C)(C)NC(=O)CCN(c1ccc(F)c(Cl)c1)S(C)(=O)=O. The van der Waals surface area contributed by atoms with E-state index >= 15 is 0 Å². The first kappa shape index (κ1) is 18.7. The van der Waals surface area contributed by atoms with Gasteiger partial charge in [-0.15, -0.1) is 0 Å². The summed E-state index contributed by atoms with van der Waals surface area (Å²) in [7, 11) is -3.61. The van der Waals surface area contributed by atoms with Gasteiger partial charge in [0.05, 0.1) is 17.0 Å². The number of rotatable bonds is 5. The molecule has 0 heterocycles. The predicted molar refractivity (Wildman–Crippen MR) is 86.1 cm³/mol. The molecule has 0 aromatic heterocycles. The van der Waals surface area contributed by atoms with Crippen molar-refractivity contribution in [2.45, 2.75) is 32.7 Å². The van der Waals surface area contributed by atoms with Gasteiger partial charge in [0, 0.05) is 18.5 Å². The number of halogens is 2. The summed E-state index contributed by atoms with van der Waals surface area (Å²) in [6.45, 7) is 5.44. The lowest BCUT2D eigenvalue weighted by Gasteiger charge is -2.24. The van der Waals surface area contributed by atoms with Crippen LogP contribution in [-0.2, 0) is 14.8 Å². The summed E-state index contributed by atoms with van der Waals surface area (Å²) in [6.07, 6.45) is 1.01. The lowest BCUT2D eigenvalue weighted by Crippen LogP contribution is -2.42. The van der Waals surface area contributed by atoms with Gasteiger partial charge in [0.15, 0.2) is 0 Å². The number of nitrogens with zero attached hydrogens (tertiary/aromatic N) is 1. The summed E-state index contributed by atoms with van der Waals surface area (Å²) in [5, 5.41) is 2.58. The Hall–Kier alpha value is -1.34. The molecule has 1 aromatic carbocycles. The van der Waals surface area contributed by atoms with E-state index in [4.69, 9.17) is 11.6 Å². The van der Waals surface area contributed by atoms with E-state index in [1.807, 2.05) is 20.8 Å². The van der Waals surface area contributed by atoms with E-state index in [9.17, 15) is 17.6 Å². The maximum absolute atomic E-state index is 13.2. The Morgan fingerprint density at radius 1 is 1.36 bits per heavy atom. The second-order valence-electron chi connectivity index (χ2n) is 5.98. The van der Waals surface area contributed by atoms with Crippen molar-refractivity contribution in [3.63, 3.8) is 0 Å². The molecule has 0 aliphatic heterocycles. The van der Waals surface area contributed by atoms with Gasteiger partial charge < -0.3 is 5.32 Å². The molecule has 0 bridgehead atoms. The lowest BCUT2D eigenvalue weighted by atomic mass is 10.1. The number of anilines is 1. The zero-order chi connectivity index (χ0) is 17.1. The van der Waals surface area contributed by atoms with E-state index in [0.29, 0.717) is 0 Å². The quantitative estimate of drug-likeness (QED) is 0.887. The van der Waals surface area contributed by atoms with Crippen molar-refractivity contribution in [1.29, 1.82) is 0 Å². The minimum Gasteiger partial charge on any atom is -0.351 e. The van der Waals surface area contributed by atoms with Crippen LogP contribution >= 0.6 is 11.6 Å². The first-order valence-electron chi connectivity index (χ1n) is 6.64. The van der Waals surface area contributed by atoms with Crippen molar-refractivity contribution in [3.05, 3.63) is 29.0 Å². The summed E-state index contributed by atoms with van der Waals surface area (Å²) in [6, 6.07) is 3.62. The smallest absolute Gasteiger partial charge is 0.232 e. The van der Waals surface area contributed by atoms with E-state index in [2.05, 4.69) is 5.32 Å². The molecule has 0 unspecified atom stereocenters. The fourth-order valence-corrected chi connectivity index (χ4v) is 2.90. The highest BCUT2D eigenvalue weighted by Gasteiger charge is 2.21. The predicted octanol–water partition coefficient (Wildman–Crippen LogP) is 2.55. The average Bonchev–Trinajstić information content (AvgIpc) is 2.29. The van der Waals surface area contributed by atoms with E-state index in [1.165, 1.54) is 12.1 Å². The van der Waals surface area contributed by atoms with Gasteiger partial charge in [0.1, 0.15) is 5.82 Å². The number of sulfonamides is 1. The Balaban J connectivity index is 2.92. The summed E-state index contributed by atoms with van der Waals surface area (Å²) in [4.78, 5) is 11.8. The maximum atomic E-state index is 13.2. The molecule has 1 rings (SSSR count). The van der Waals surface area contributed by atoms with Gasteiger partial charge in [-0.1, -0.05) is 11.6 Å². The lowest BCUT2D eigenvalue weighted by molar-refractivity contribution is -0.122. The van der Waals surface area contributed by atoms with Crippen molar-refractivity contribution in [1.82, 2.24) is 5.32 Å². The van der Waals surface area contributed by atoms with Gasteiger partial charge in [-0.2, -0.15) is 0 Å². The van der Waals surface area contributed by atoms with E-state index < -0.39 is 21.4 Å². The Labute approximate surface area is 135 Å². The van der Waals surface area contributed by atoms with Crippen LogP contribution in [0.2, 0.25) is 5.02 Å². The van der Waals surface area contributed by atoms with Crippen molar-refractivity contribution in [2.75, 3.05) is 17.1 Å². The summed E-state index contributed by atoms with van der Waals surface area (Å²) >= 11 is 5.68. The Bertz CT molecular complexity index is 657. The number of amides is 1. The first-order chi connectivity index (χ1) is 9.90. The Kier molecular flexibility index (Phi) is 5.81. The number of carbonyl (C=O) groups excluding carboxylic acids is 1. The highest BCUT2D eigenvalue weighted by atomic mass is 35.5. The molecule has 1 aromatic rings. The molecular weight excluding hydrogens is 331 g/mol. The molecule has 0 saturated heterocycles. The number of hydrogen-bond donors (Lipinski definition) is 1. The molecule has 22 heavy (non-hydrogen) atoms. The highest BCUT2D eigenvalue weighted by molar-refractivity contribution is 7.92. The highest BCUT2D eigenvalue weighted by Crippen LogP contribution is 2.24. The van der Waals surface area contributed by atoms with E-state index in [1.54, 1.807) is 0 Å². The molecule has 124 valence electrons. The fourth-order valence-electron chi connectivity index (χ4n) is 1.81. The molecule has 1 amide bonds. The Morgan fingerprint density at radius 3 is 2.41 bits per heavy atom. The molecule has 1 N–H and O–H groups in total. The molecule has 0 aliphatic carbocycles. The van der Waals surface area contributed by atoms with Crippen LogP contribution in [0.4, 0.5) is 10.1 Å².